The van der Waals surface area contributed by atoms with Gasteiger partial charge in [0, 0.05) is 0 Å². The van der Waals surface area contributed by atoms with Gasteiger partial charge in [0.2, 0.25) is 0 Å². The van der Waals surface area contributed by atoms with Crippen molar-refractivity contribution >= 4 is 12.1 Å². The molecule has 21 heavy (non-hydrogen) atoms. The molecule has 1 unspecified atom stereocenters. The van der Waals surface area contributed by atoms with E-state index in [0.717, 1.165) is 6.42 Å². The first-order valence-corrected chi connectivity index (χ1v) is 6.94. The highest BCUT2D eigenvalue weighted by molar-refractivity contribution is 5.74. The third kappa shape index (κ3) is 6.29. The molecule has 5 nitrogen and oxygen atoms in total. The lowest BCUT2D eigenvalue weighted by molar-refractivity contribution is -0.138. The molecule has 1 atom stereocenters. The van der Waals surface area contributed by atoms with Crippen LogP contribution in [0.5, 0.6) is 11.5 Å². The van der Waals surface area contributed by atoms with Gasteiger partial charge in [-0.1, -0.05) is 13.8 Å². The van der Waals surface area contributed by atoms with Gasteiger partial charge in [-0.3, -0.25) is 4.79 Å². The molecule has 0 fully saturated rings. The number of hydrogen-bond acceptors (Lipinski definition) is 5. The normalized spacial score (nSPS) is 12.4. The van der Waals surface area contributed by atoms with Crippen molar-refractivity contribution in [2.24, 2.45) is 5.92 Å². The average Bonchev–Trinajstić information content (AvgIpc) is 2.37. The third-order valence-electron chi connectivity index (χ3n) is 2.65. The molecule has 0 heterocycles. The summed E-state index contributed by atoms with van der Waals surface area (Å²) in [6.07, 6.45) is -0.0505. The maximum absolute atomic E-state index is 11.6. The molecular formula is C16H22O5. The number of benzene rings is 1. The number of carbonyl (C=O) groups is 2. The molecule has 5 heteroatoms. The minimum absolute atomic E-state index is 0.150. The monoisotopic (exact) mass is 294 g/mol. The molecule has 0 saturated heterocycles. The molecule has 0 bridgehead atoms. The van der Waals surface area contributed by atoms with Crippen LogP contribution in [0.2, 0.25) is 0 Å². The molecule has 1 aromatic rings. The van der Waals surface area contributed by atoms with Gasteiger partial charge in [0.25, 0.3) is 0 Å². The maximum Gasteiger partial charge on any atom is 0.514 e. The minimum atomic E-state index is -0.771. The minimum Gasteiger partial charge on any atom is -0.428 e. The number of hydrogen-bond donors (Lipinski definition) is 0. The summed E-state index contributed by atoms with van der Waals surface area (Å²) in [6, 6.07) is 6.23. The number of ether oxygens (including phenoxy) is 3. The van der Waals surface area contributed by atoms with E-state index in [2.05, 4.69) is 0 Å². The zero-order valence-electron chi connectivity index (χ0n) is 13.1. The fourth-order valence-electron chi connectivity index (χ4n) is 1.33. The van der Waals surface area contributed by atoms with E-state index in [0.29, 0.717) is 11.5 Å². The Morgan fingerprint density at radius 3 is 1.95 bits per heavy atom. The van der Waals surface area contributed by atoms with Gasteiger partial charge < -0.3 is 14.2 Å². The van der Waals surface area contributed by atoms with Crippen molar-refractivity contribution in [1.29, 1.82) is 0 Å². The Balaban J connectivity index is 2.58. The van der Waals surface area contributed by atoms with Crippen molar-refractivity contribution in [3.05, 3.63) is 24.3 Å². The number of carbonyl (C=O) groups excluding carboxylic acids is 2. The topological polar surface area (TPSA) is 61.8 Å². The molecule has 0 N–H and O–H groups in total. The van der Waals surface area contributed by atoms with Crippen LogP contribution in [0.1, 0.15) is 41.0 Å². The van der Waals surface area contributed by atoms with Crippen molar-refractivity contribution in [3.63, 3.8) is 0 Å². The smallest absolute Gasteiger partial charge is 0.428 e. The standard InChI is InChI=1S/C16H22O5/c1-6-11(2)14(17)19-12-7-9-13(10-8-12)20-15(18)21-16(3,4)5/h7-11H,6H2,1-5H3. The van der Waals surface area contributed by atoms with Crippen LogP contribution < -0.4 is 9.47 Å². The van der Waals surface area contributed by atoms with Crippen LogP contribution in [0.3, 0.4) is 0 Å². The highest BCUT2D eigenvalue weighted by Crippen LogP contribution is 2.20. The number of esters is 1. The fourth-order valence-corrected chi connectivity index (χ4v) is 1.33. The van der Waals surface area contributed by atoms with E-state index in [1.807, 2.05) is 13.8 Å². The van der Waals surface area contributed by atoms with Crippen LogP contribution in [0.15, 0.2) is 24.3 Å². The van der Waals surface area contributed by atoms with Gasteiger partial charge >= 0.3 is 12.1 Å². The Kier molecular flexibility index (Phi) is 5.76. The summed E-state index contributed by atoms with van der Waals surface area (Å²) in [7, 11) is 0. The van der Waals surface area contributed by atoms with E-state index in [-0.39, 0.29) is 11.9 Å². The van der Waals surface area contributed by atoms with Gasteiger partial charge in [-0.25, -0.2) is 4.79 Å². The van der Waals surface area contributed by atoms with Gasteiger partial charge in [-0.2, -0.15) is 0 Å². The summed E-state index contributed by atoms with van der Waals surface area (Å²) >= 11 is 0. The summed E-state index contributed by atoms with van der Waals surface area (Å²) in [5.74, 6) is 0.311. The van der Waals surface area contributed by atoms with Gasteiger partial charge in [-0.15, -0.1) is 0 Å². The van der Waals surface area contributed by atoms with Crippen molar-refractivity contribution < 1.29 is 23.8 Å². The predicted octanol–water partition coefficient (Wildman–Crippen LogP) is 3.95. The van der Waals surface area contributed by atoms with E-state index in [1.54, 1.807) is 45.0 Å². The largest absolute Gasteiger partial charge is 0.514 e. The lowest BCUT2D eigenvalue weighted by Gasteiger charge is -2.18. The van der Waals surface area contributed by atoms with E-state index >= 15 is 0 Å². The number of rotatable bonds is 4. The Bertz CT molecular complexity index is 484. The first-order chi connectivity index (χ1) is 9.71. The van der Waals surface area contributed by atoms with Crippen LogP contribution in [-0.4, -0.2) is 17.7 Å². The third-order valence-corrected chi connectivity index (χ3v) is 2.65. The molecule has 0 aliphatic heterocycles. The van der Waals surface area contributed by atoms with Crippen LogP contribution in [-0.2, 0) is 9.53 Å². The van der Waals surface area contributed by atoms with Crippen LogP contribution in [0.25, 0.3) is 0 Å². The second-order valence-electron chi connectivity index (χ2n) is 5.77. The highest BCUT2D eigenvalue weighted by atomic mass is 16.7. The van der Waals surface area contributed by atoms with Gasteiger partial charge in [-0.05, 0) is 51.5 Å². The molecule has 0 spiro atoms. The van der Waals surface area contributed by atoms with Crippen LogP contribution in [0.4, 0.5) is 4.79 Å². The molecule has 0 aliphatic rings. The highest BCUT2D eigenvalue weighted by Gasteiger charge is 2.18. The molecule has 0 radical (unpaired) electrons. The molecule has 0 saturated carbocycles. The summed E-state index contributed by atoms with van der Waals surface area (Å²) in [6.45, 7) is 9.00. The Morgan fingerprint density at radius 2 is 1.52 bits per heavy atom. The van der Waals surface area contributed by atoms with E-state index in [4.69, 9.17) is 14.2 Å². The van der Waals surface area contributed by atoms with Gasteiger partial charge in [0.05, 0.1) is 5.92 Å². The first kappa shape index (κ1) is 17.0. The summed E-state index contributed by atoms with van der Waals surface area (Å²) in [5.41, 5.74) is -0.608. The van der Waals surface area contributed by atoms with E-state index < -0.39 is 11.8 Å². The van der Waals surface area contributed by atoms with Crippen molar-refractivity contribution in [3.8, 4) is 11.5 Å². The second kappa shape index (κ2) is 7.11. The molecule has 0 amide bonds. The average molecular weight is 294 g/mol. The van der Waals surface area contributed by atoms with Gasteiger partial charge in [0.1, 0.15) is 17.1 Å². The van der Waals surface area contributed by atoms with Crippen molar-refractivity contribution in [1.82, 2.24) is 0 Å². The molecule has 0 aliphatic carbocycles. The van der Waals surface area contributed by atoms with E-state index in [1.165, 1.54) is 0 Å². The van der Waals surface area contributed by atoms with E-state index in [9.17, 15) is 9.59 Å². The molecule has 1 aromatic carbocycles. The second-order valence-corrected chi connectivity index (χ2v) is 5.77. The summed E-state index contributed by atoms with van der Waals surface area (Å²) < 4.78 is 15.3. The van der Waals surface area contributed by atoms with Crippen molar-refractivity contribution in [2.45, 2.75) is 46.6 Å². The molecular weight excluding hydrogens is 272 g/mol. The predicted molar refractivity (Wildman–Crippen MR) is 78.4 cm³/mol. The fraction of sp³-hybridized carbons (Fsp3) is 0.500. The van der Waals surface area contributed by atoms with Crippen LogP contribution >= 0.6 is 0 Å². The summed E-state index contributed by atoms with van der Waals surface area (Å²) in [4.78, 5) is 23.1. The molecule has 116 valence electrons. The van der Waals surface area contributed by atoms with Crippen LogP contribution in [0, 0.1) is 5.92 Å². The molecule has 0 aromatic heterocycles. The quantitative estimate of drug-likeness (QED) is 0.478. The molecule has 1 rings (SSSR count). The Labute approximate surface area is 125 Å². The lowest BCUT2D eigenvalue weighted by Crippen LogP contribution is -2.25. The SMILES string of the molecule is CCC(C)C(=O)Oc1ccc(OC(=O)OC(C)(C)C)cc1. The van der Waals surface area contributed by atoms with Gasteiger partial charge in [0.15, 0.2) is 0 Å². The maximum atomic E-state index is 11.6. The Morgan fingerprint density at radius 1 is 1.05 bits per heavy atom. The lowest BCUT2D eigenvalue weighted by atomic mass is 10.1. The first-order valence-electron chi connectivity index (χ1n) is 6.94. The Hall–Kier alpha value is -2.04. The van der Waals surface area contributed by atoms with Crippen molar-refractivity contribution in [2.75, 3.05) is 0 Å². The summed E-state index contributed by atoms with van der Waals surface area (Å²) in [5, 5.41) is 0. The zero-order chi connectivity index (χ0) is 16.0. The zero-order valence-corrected chi connectivity index (χ0v) is 13.1.